The first-order chi connectivity index (χ1) is 13.4. The molecule has 7 nitrogen and oxygen atoms in total. The van der Waals surface area contributed by atoms with Crippen LogP contribution in [-0.4, -0.2) is 20.9 Å². The first kappa shape index (κ1) is 17.7. The van der Waals surface area contributed by atoms with Crippen molar-refractivity contribution in [3.63, 3.8) is 0 Å². The SMILES string of the molecule is Cc1nc2ncc(Nc3ccc(-c4ccc(C(N)=O)c(C)c4C)cn3)cc2o1. The van der Waals surface area contributed by atoms with Crippen LogP contribution in [0.25, 0.3) is 22.4 Å². The number of aromatic nitrogens is 3. The largest absolute Gasteiger partial charge is 0.439 e. The fourth-order valence-electron chi connectivity index (χ4n) is 3.17. The van der Waals surface area contributed by atoms with Gasteiger partial charge >= 0.3 is 0 Å². The summed E-state index contributed by atoms with van der Waals surface area (Å²) >= 11 is 0. The molecule has 0 atom stereocenters. The van der Waals surface area contributed by atoms with E-state index in [1.165, 1.54) is 0 Å². The number of hydrogen-bond acceptors (Lipinski definition) is 6. The van der Waals surface area contributed by atoms with Gasteiger partial charge in [0.2, 0.25) is 5.91 Å². The van der Waals surface area contributed by atoms with E-state index in [1.807, 2.05) is 38.1 Å². The maximum Gasteiger partial charge on any atom is 0.248 e. The molecule has 28 heavy (non-hydrogen) atoms. The van der Waals surface area contributed by atoms with Gasteiger partial charge in [-0.25, -0.2) is 9.97 Å². The Labute approximate surface area is 161 Å². The third kappa shape index (κ3) is 3.18. The Bertz CT molecular complexity index is 1200. The predicted octanol–water partition coefficient (Wildman–Crippen LogP) is 4.05. The van der Waals surface area contributed by atoms with Crippen molar-refractivity contribution in [2.75, 3.05) is 5.32 Å². The molecule has 3 heterocycles. The Morgan fingerprint density at radius 2 is 1.86 bits per heavy atom. The third-order valence-corrected chi connectivity index (χ3v) is 4.75. The van der Waals surface area contributed by atoms with Crippen molar-refractivity contribution in [3.8, 4) is 11.1 Å². The minimum absolute atomic E-state index is 0.419. The molecule has 0 spiro atoms. The summed E-state index contributed by atoms with van der Waals surface area (Å²) in [5, 5.41) is 3.21. The highest BCUT2D eigenvalue weighted by Gasteiger charge is 2.12. The van der Waals surface area contributed by atoms with Gasteiger partial charge in [-0.05, 0) is 48.7 Å². The molecular weight excluding hydrogens is 354 g/mol. The number of rotatable bonds is 4. The van der Waals surface area contributed by atoms with Crippen LogP contribution in [0.4, 0.5) is 11.5 Å². The molecule has 140 valence electrons. The van der Waals surface area contributed by atoms with Crippen LogP contribution in [0.1, 0.15) is 27.4 Å². The molecule has 0 saturated heterocycles. The Balaban J connectivity index is 1.60. The molecule has 3 aromatic heterocycles. The molecular formula is C21H19N5O2. The van der Waals surface area contributed by atoms with Crippen LogP contribution in [0.5, 0.6) is 0 Å². The van der Waals surface area contributed by atoms with Gasteiger partial charge in [0.25, 0.3) is 0 Å². The average Bonchev–Trinajstić information content (AvgIpc) is 3.04. The second-order valence-corrected chi connectivity index (χ2v) is 6.61. The minimum Gasteiger partial charge on any atom is -0.439 e. The fraction of sp³-hybridized carbons (Fsp3) is 0.143. The van der Waals surface area contributed by atoms with E-state index in [9.17, 15) is 4.79 Å². The average molecular weight is 373 g/mol. The molecule has 0 aliphatic heterocycles. The van der Waals surface area contributed by atoms with Crippen LogP contribution in [0.15, 0.2) is 47.1 Å². The summed E-state index contributed by atoms with van der Waals surface area (Å²) in [7, 11) is 0. The number of nitrogens with one attached hydrogen (secondary N) is 1. The smallest absolute Gasteiger partial charge is 0.248 e. The van der Waals surface area contributed by atoms with Gasteiger partial charge in [0.1, 0.15) is 5.82 Å². The number of anilines is 2. The highest BCUT2D eigenvalue weighted by Crippen LogP contribution is 2.28. The highest BCUT2D eigenvalue weighted by molar-refractivity contribution is 5.95. The van der Waals surface area contributed by atoms with Crippen LogP contribution < -0.4 is 11.1 Å². The first-order valence-corrected chi connectivity index (χ1v) is 8.79. The van der Waals surface area contributed by atoms with Crippen molar-refractivity contribution < 1.29 is 9.21 Å². The molecule has 0 bridgehead atoms. The maximum absolute atomic E-state index is 11.5. The number of benzene rings is 1. The van der Waals surface area contributed by atoms with E-state index in [1.54, 1.807) is 25.4 Å². The molecule has 3 N–H and O–H groups in total. The van der Waals surface area contributed by atoms with E-state index in [4.69, 9.17) is 10.2 Å². The zero-order valence-electron chi connectivity index (χ0n) is 15.8. The molecule has 4 aromatic rings. The van der Waals surface area contributed by atoms with E-state index in [0.29, 0.717) is 28.5 Å². The fourth-order valence-corrected chi connectivity index (χ4v) is 3.17. The lowest BCUT2D eigenvalue weighted by atomic mass is 9.94. The molecule has 4 rings (SSSR count). The Kier molecular flexibility index (Phi) is 4.27. The number of primary amides is 1. The number of nitrogens with zero attached hydrogens (tertiary/aromatic N) is 3. The lowest BCUT2D eigenvalue weighted by molar-refractivity contribution is 0.0999. The standard InChI is InChI=1S/C21H19N5O2/c1-11-12(2)17(20(22)27)6-5-16(11)14-4-7-19(23-9-14)26-15-8-18-21(24-10-15)25-13(3)28-18/h4-10H,1-3H3,(H2,22,27)(H,23,26). The molecule has 0 aliphatic rings. The zero-order valence-corrected chi connectivity index (χ0v) is 15.8. The summed E-state index contributed by atoms with van der Waals surface area (Å²) in [4.78, 5) is 24.5. The number of aryl methyl sites for hydroxylation is 1. The molecule has 0 aliphatic carbocycles. The van der Waals surface area contributed by atoms with Crippen LogP contribution >= 0.6 is 0 Å². The van der Waals surface area contributed by atoms with Crippen LogP contribution in [0.3, 0.4) is 0 Å². The lowest BCUT2D eigenvalue weighted by Crippen LogP contribution is -2.13. The summed E-state index contributed by atoms with van der Waals surface area (Å²) in [6.07, 6.45) is 3.48. The van der Waals surface area contributed by atoms with Crippen molar-refractivity contribution in [1.82, 2.24) is 15.0 Å². The number of oxazole rings is 1. The number of amides is 1. The van der Waals surface area contributed by atoms with Gasteiger partial charge in [0, 0.05) is 30.3 Å². The highest BCUT2D eigenvalue weighted by atomic mass is 16.3. The molecule has 1 amide bonds. The van der Waals surface area contributed by atoms with E-state index < -0.39 is 5.91 Å². The van der Waals surface area contributed by atoms with E-state index in [-0.39, 0.29) is 0 Å². The van der Waals surface area contributed by atoms with Gasteiger partial charge in [0.15, 0.2) is 17.1 Å². The first-order valence-electron chi connectivity index (χ1n) is 8.79. The normalized spacial score (nSPS) is 11.0. The Morgan fingerprint density at radius 3 is 2.57 bits per heavy atom. The topological polar surface area (TPSA) is 107 Å². The predicted molar refractivity (Wildman–Crippen MR) is 107 cm³/mol. The monoisotopic (exact) mass is 373 g/mol. The second-order valence-electron chi connectivity index (χ2n) is 6.61. The number of nitrogens with two attached hydrogens (primary N) is 1. The van der Waals surface area contributed by atoms with Crippen LogP contribution in [0.2, 0.25) is 0 Å². The number of pyridine rings is 2. The number of fused-ring (bicyclic) bond motifs is 1. The molecule has 7 heteroatoms. The molecule has 1 aromatic carbocycles. The summed E-state index contributed by atoms with van der Waals surface area (Å²) in [6.45, 7) is 5.66. The Morgan fingerprint density at radius 1 is 1.04 bits per heavy atom. The van der Waals surface area contributed by atoms with Gasteiger partial charge in [0.05, 0.1) is 11.9 Å². The number of carbonyl (C=O) groups excluding carboxylic acids is 1. The summed E-state index contributed by atoms with van der Waals surface area (Å²) in [5.74, 6) is 0.844. The van der Waals surface area contributed by atoms with E-state index in [0.717, 1.165) is 27.9 Å². The van der Waals surface area contributed by atoms with Crippen LogP contribution in [-0.2, 0) is 0 Å². The van der Waals surface area contributed by atoms with Crippen molar-refractivity contribution in [1.29, 1.82) is 0 Å². The van der Waals surface area contributed by atoms with Gasteiger partial charge in [-0.15, -0.1) is 0 Å². The zero-order chi connectivity index (χ0) is 19.8. The maximum atomic E-state index is 11.5. The van der Waals surface area contributed by atoms with Crippen LogP contribution in [0, 0.1) is 20.8 Å². The molecule has 0 radical (unpaired) electrons. The third-order valence-electron chi connectivity index (χ3n) is 4.75. The van der Waals surface area contributed by atoms with Gasteiger partial charge in [-0.3, -0.25) is 4.79 Å². The molecule has 0 fully saturated rings. The Hall–Kier alpha value is -3.74. The summed E-state index contributed by atoms with van der Waals surface area (Å²) in [5.41, 5.74) is 11.8. The summed E-state index contributed by atoms with van der Waals surface area (Å²) < 4.78 is 5.51. The quantitative estimate of drug-likeness (QED) is 0.559. The van der Waals surface area contributed by atoms with Gasteiger partial charge in [-0.2, -0.15) is 4.98 Å². The van der Waals surface area contributed by atoms with Crippen molar-refractivity contribution in [2.45, 2.75) is 20.8 Å². The minimum atomic E-state index is -0.419. The number of hydrogen-bond donors (Lipinski definition) is 2. The van der Waals surface area contributed by atoms with Gasteiger partial charge < -0.3 is 15.5 Å². The number of carbonyl (C=O) groups is 1. The molecule has 0 unspecified atom stereocenters. The van der Waals surface area contributed by atoms with Crippen molar-refractivity contribution in [2.24, 2.45) is 5.73 Å². The van der Waals surface area contributed by atoms with E-state index in [2.05, 4.69) is 20.3 Å². The van der Waals surface area contributed by atoms with Crippen molar-refractivity contribution in [3.05, 3.63) is 65.3 Å². The van der Waals surface area contributed by atoms with Crippen molar-refractivity contribution >= 4 is 28.6 Å². The summed E-state index contributed by atoms with van der Waals surface area (Å²) in [6, 6.07) is 9.37. The van der Waals surface area contributed by atoms with E-state index >= 15 is 0 Å². The van der Waals surface area contributed by atoms with Gasteiger partial charge in [-0.1, -0.05) is 6.07 Å². The second kappa shape index (κ2) is 6.77. The lowest BCUT2D eigenvalue weighted by Gasteiger charge is -2.12. The molecule has 0 saturated carbocycles.